The predicted molar refractivity (Wildman–Crippen MR) is 110 cm³/mol. The van der Waals surface area contributed by atoms with Crippen LogP contribution in [0.5, 0.6) is 0 Å². The van der Waals surface area contributed by atoms with Crippen LogP contribution in [0.2, 0.25) is 0 Å². The number of anilines is 2. The van der Waals surface area contributed by atoms with E-state index in [1.54, 1.807) is 4.90 Å². The van der Waals surface area contributed by atoms with Crippen molar-refractivity contribution in [3.05, 3.63) is 58.6 Å². The van der Waals surface area contributed by atoms with Crippen molar-refractivity contribution in [3.63, 3.8) is 0 Å². The van der Waals surface area contributed by atoms with Crippen molar-refractivity contribution in [1.82, 2.24) is 0 Å². The van der Waals surface area contributed by atoms with Crippen LogP contribution in [-0.2, 0) is 25.5 Å². The molecule has 0 spiro atoms. The van der Waals surface area contributed by atoms with Gasteiger partial charge in [-0.05, 0) is 48.4 Å². The maximum absolute atomic E-state index is 12.3. The standard InChI is InChI=1S/C21H21BrN2O4/c1-2-14-3-7-17(8-4-14)23-19(25)13-28-21(27)15-11-20(26)24(12-15)18-9-5-16(22)6-10-18/h3-10,15H,2,11-13H2,1H3,(H,23,25)/t15-/m0/s1. The van der Waals surface area contributed by atoms with E-state index >= 15 is 0 Å². The zero-order chi connectivity index (χ0) is 20.1. The molecule has 0 bridgehead atoms. The molecule has 0 aliphatic carbocycles. The number of hydrogen-bond donors (Lipinski definition) is 1. The van der Waals surface area contributed by atoms with Crippen LogP contribution in [0.15, 0.2) is 53.0 Å². The Labute approximate surface area is 172 Å². The van der Waals surface area contributed by atoms with E-state index in [9.17, 15) is 14.4 Å². The van der Waals surface area contributed by atoms with E-state index in [-0.39, 0.29) is 25.5 Å². The summed E-state index contributed by atoms with van der Waals surface area (Å²) in [5.74, 6) is -1.66. The number of aryl methyl sites for hydroxylation is 1. The van der Waals surface area contributed by atoms with Crippen molar-refractivity contribution >= 4 is 45.1 Å². The number of halogens is 1. The molecule has 2 aromatic rings. The Morgan fingerprint density at radius 3 is 2.46 bits per heavy atom. The zero-order valence-corrected chi connectivity index (χ0v) is 17.1. The molecule has 1 fully saturated rings. The van der Waals surface area contributed by atoms with Crippen molar-refractivity contribution in [2.45, 2.75) is 19.8 Å². The number of rotatable bonds is 6. The van der Waals surface area contributed by atoms with E-state index in [0.717, 1.165) is 16.6 Å². The fourth-order valence-corrected chi connectivity index (χ4v) is 3.28. The summed E-state index contributed by atoms with van der Waals surface area (Å²) in [6, 6.07) is 14.8. The highest BCUT2D eigenvalue weighted by molar-refractivity contribution is 9.10. The van der Waals surface area contributed by atoms with Crippen LogP contribution in [0.4, 0.5) is 11.4 Å². The molecule has 1 N–H and O–H groups in total. The molecule has 3 rings (SSSR count). The van der Waals surface area contributed by atoms with E-state index in [0.29, 0.717) is 5.69 Å². The van der Waals surface area contributed by atoms with Gasteiger partial charge in [-0.3, -0.25) is 14.4 Å². The van der Waals surface area contributed by atoms with Gasteiger partial charge in [0.25, 0.3) is 5.91 Å². The van der Waals surface area contributed by atoms with Gasteiger partial charge in [0.1, 0.15) is 0 Å². The molecule has 28 heavy (non-hydrogen) atoms. The first-order chi connectivity index (χ1) is 13.5. The molecular formula is C21H21BrN2O4. The lowest BCUT2D eigenvalue weighted by atomic mass is 10.1. The summed E-state index contributed by atoms with van der Waals surface area (Å²) in [5, 5.41) is 2.69. The fraction of sp³-hybridized carbons (Fsp3) is 0.286. The van der Waals surface area contributed by atoms with Gasteiger partial charge in [-0.25, -0.2) is 0 Å². The first-order valence-electron chi connectivity index (χ1n) is 9.07. The van der Waals surface area contributed by atoms with E-state index in [1.165, 1.54) is 5.56 Å². The molecule has 1 aliphatic rings. The first kappa shape index (κ1) is 20.1. The van der Waals surface area contributed by atoms with E-state index < -0.39 is 17.8 Å². The van der Waals surface area contributed by atoms with Gasteiger partial charge in [0.2, 0.25) is 5.91 Å². The van der Waals surface area contributed by atoms with E-state index in [1.807, 2.05) is 48.5 Å². The Hall–Kier alpha value is -2.67. The minimum absolute atomic E-state index is 0.0784. The van der Waals surface area contributed by atoms with Crippen LogP contribution < -0.4 is 10.2 Å². The van der Waals surface area contributed by atoms with Gasteiger partial charge in [0.05, 0.1) is 5.92 Å². The number of hydrogen-bond acceptors (Lipinski definition) is 4. The summed E-state index contributed by atoms with van der Waals surface area (Å²) in [4.78, 5) is 38.1. The van der Waals surface area contributed by atoms with Gasteiger partial charge >= 0.3 is 5.97 Å². The highest BCUT2D eigenvalue weighted by Gasteiger charge is 2.36. The smallest absolute Gasteiger partial charge is 0.311 e. The van der Waals surface area contributed by atoms with Crippen molar-refractivity contribution in [2.75, 3.05) is 23.4 Å². The Morgan fingerprint density at radius 1 is 1.14 bits per heavy atom. The molecular weight excluding hydrogens is 424 g/mol. The molecule has 0 aromatic heterocycles. The zero-order valence-electron chi connectivity index (χ0n) is 15.5. The van der Waals surface area contributed by atoms with Crippen LogP contribution in [0.3, 0.4) is 0 Å². The molecule has 1 heterocycles. The third kappa shape index (κ3) is 4.98. The second-order valence-corrected chi connectivity index (χ2v) is 7.50. The quantitative estimate of drug-likeness (QED) is 0.691. The van der Waals surface area contributed by atoms with Crippen molar-refractivity contribution in [3.8, 4) is 0 Å². The minimum atomic E-state index is -0.576. The average Bonchev–Trinajstić information content (AvgIpc) is 3.09. The minimum Gasteiger partial charge on any atom is -0.455 e. The third-order valence-corrected chi connectivity index (χ3v) is 5.12. The highest BCUT2D eigenvalue weighted by Crippen LogP contribution is 2.27. The second-order valence-electron chi connectivity index (χ2n) is 6.59. The number of carbonyl (C=O) groups is 3. The van der Waals surface area contributed by atoms with Crippen molar-refractivity contribution in [2.24, 2.45) is 5.92 Å². The van der Waals surface area contributed by atoms with Crippen LogP contribution in [0.25, 0.3) is 0 Å². The lowest BCUT2D eigenvalue weighted by Crippen LogP contribution is -2.28. The Balaban J connectivity index is 1.49. The normalized spacial score (nSPS) is 16.1. The van der Waals surface area contributed by atoms with Crippen LogP contribution in [0, 0.1) is 5.92 Å². The summed E-state index contributed by atoms with van der Waals surface area (Å²) < 4.78 is 6.03. The van der Waals surface area contributed by atoms with E-state index in [2.05, 4.69) is 28.2 Å². The summed E-state index contributed by atoms with van der Waals surface area (Å²) in [5.41, 5.74) is 2.55. The van der Waals surface area contributed by atoms with Gasteiger partial charge in [-0.15, -0.1) is 0 Å². The molecule has 0 saturated carbocycles. The number of nitrogens with one attached hydrogen (secondary N) is 1. The third-order valence-electron chi connectivity index (χ3n) is 4.59. The highest BCUT2D eigenvalue weighted by atomic mass is 79.9. The number of nitrogens with zero attached hydrogens (tertiary/aromatic N) is 1. The number of benzene rings is 2. The lowest BCUT2D eigenvalue weighted by Gasteiger charge is -2.16. The van der Waals surface area contributed by atoms with E-state index in [4.69, 9.17) is 4.74 Å². The number of esters is 1. The van der Waals surface area contributed by atoms with Crippen molar-refractivity contribution < 1.29 is 19.1 Å². The Kier molecular flexibility index (Phi) is 6.46. The maximum Gasteiger partial charge on any atom is 0.311 e. The van der Waals surface area contributed by atoms with Crippen LogP contribution in [-0.4, -0.2) is 30.9 Å². The van der Waals surface area contributed by atoms with Crippen LogP contribution in [0.1, 0.15) is 18.9 Å². The van der Waals surface area contributed by atoms with Gasteiger partial charge in [-0.1, -0.05) is 35.0 Å². The van der Waals surface area contributed by atoms with Gasteiger partial charge in [0, 0.05) is 28.8 Å². The monoisotopic (exact) mass is 444 g/mol. The molecule has 0 radical (unpaired) electrons. The maximum atomic E-state index is 12.3. The largest absolute Gasteiger partial charge is 0.455 e. The SMILES string of the molecule is CCc1ccc(NC(=O)COC(=O)[C@H]2CC(=O)N(c3ccc(Br)cc3)C2)cc1. The predicted octanol–water partition coefficient (Wildman–Crippen LogP) is 3.55. The molecule has 7 heteroatoms. The van der Waals surface area contributed by atoms with Crippen molar-refractivity contribution in [1.29, 1.82) is 0 Å². The molecule has 2 aromatic carbocycles. The molecule has 0 unspecified atom stereocenters. The summed E-state index contributed by atoms with van der Waals surface area (Å²) in [7, 11) is 0. The summed E-state index contributed by atoms with van der Waals surface area (Å²) in [6.45, 7) is 1.93. The van der Waals surface area contributed by atoms with Crippen LogP contribution >= 0.6 is 15.9 Å². The fourth-order valence-electron chi connectivity index (χ4n) is 3.01. The molecule has 1 aliphatic heterocycles. The van der Waals surface area contributed by atoms with Gasteiger partial charge < -0.3 is 15.0 Å². The molecule has 2 amide bonds. The summed E-state index contributed by atoms with van der Waals surface area (Å²) in [6.07, 6.45) is 0.998. The lowest BCUT2D eigenvalue weighted by molar-refractivity contribution is -0.151. The van der Waals surface area contributed by atoms with Gasteiger partial charge in [-0.2, -0.15) is 0 Å². The topological polar surface area (TPSA) is 75.7 Å². The molecule has 1 saturated heterocycles. The summed E-state index contributed by atoms with van der Waals surface area (Å²) >= 11 is 3.35. The Bertz CT molecular complexity index is 865. The first-order valence-corrected chi connectivity index (χ1v) is 9.87. The Morgan fingerprint density at radius 2 is 1.82 bits per heavy atom. The number of amides is 2. The number of carbonyl (C=O) groups excluding carboxylic acids is 3. The van der Waals surface area contributed by atoms with Gasteiger partial charge in [0.15, 0.2) is 6.61 Å². The second kappa shape index (κ2) is 9.01. The molecule has 6 nitrogen and oxygen atoms in total. The number of ether oxygens (including phenoxy) is 1. The average molecular weight is 445 g/mol. The molecule has 1 atom stereocenters. The molecule has 146 valence electrons.